The maximum Gasteiger partial charge on any atom is 0.300 e. The minimum absolute atomic E-state index is 0.833. The highest BCUT2D eigenvalue weighted by Crippen LogP contribution is 1.91. The van der Waals surface area contributed by atoms with Crippen molar-refractivity contribution in [3.05, 3.63) is 0 Å². The van der Waals surface area contributed by atoms with E-state index < -0.39 is 11.9 Å². The Morgan fingerprint density at radius 3 is 1.12 bits per heavy atom. The lowest BCUT2D eigenvalue weighted by Gasteiger charge is -1.92. The second kappa shape index (κ2) is 57.5. The summed E-state index contributed by atoms with van der Waals surface area (Å²) in [4.78, 5) is 18.0. The quantitative estimate of drug-likeness (QED) is 0.570. The molecule has 0 spiro atoms. The molecule has 0 aliphatic carbocycles. The predicted molar refractivity (Wildman–Crippen MR) is 106 cm³/mol. The summed E-state index contributed by atoms with van der Waals surface area (Å²) >= 11 is 0. The van der Waals surface area contributed by atoms with Crippen molar-refractivity contribution in [1.82, 2.24) is 0 Å². The minimum Gasteiger partial charge on any atom is -0.481 e. The Morgan fingerprint density at radius 2 is 1.00 bits per heavy atom. The molecule has 0 radical (unpaired) electrons. The van der Waals surface area contributed by atoms with Gasteiger partial charge in [-0.3, -0.25) is 9.59 Å². The fourth-order valence-electron chi connectivity index (χ4n) is 0.496. The molecule has 0 bridgehead atoms. The average molecular weight is 355 g/mol. The molecule has 0 aromatic heterocycles. The highest BCUT2D eigenvalue weighted by Gasteiger charge is 1.79. The molecule has 0 saturated carbocycles. The number of hydrogen-bond acceptors (Lipinski definition) is 3. The largest absolute Gasteiger partial charge is 0.481 e. The van der Waals surface area contributed by atoms with E-state index in [0.717, 1.165) is 20.5 Å². The lowest BCUT2D eigenvalue weighted by atomic mass is 10.3. The molecule has 0 aromatic rings. The normalized spacial score (nSPS) is 7.08. The van der Waals surface area contributed by atoms with Gasteiger partial charge in [-0.1, -0.05) is 80.6 Å². The summed E-state index contributed by atoms with van der Waals surface area (Å²) in [5.74, 6) is -1.67. The highest BCUT2D eigenvalue weighted by molar-refractivity contribution is 5.63. The van der Waals surface area contributed by atoms with Crippen LogP contribution in [0.15, 0.2) is 0 Å². The van der Waals surface area contributed by atoms with E-state index in [4.69, 9.17) is 24.5 Å². The van der Waals surface area contributed by atoms with Gasteiger partial charge in [0, 0.05) is 27.6 Å². The number of ether oxygens (including phenoxy) is 1. The van der Waals surface area contributed by atoms with Crippen molar-refractivity contribution in [2.24, 2.45) is 0 Å². The first-order valence-electron chi connectivity index (χ1n) is 9.09. The molecule has 24 heavy (non-hydrogen) atoms. The van der Waals surface area contributed by atoms with E-state index in [1.54, 1.807) is 7.11 Å². The molecule has 5 nitrogen and oxygen atoms in total. The van der Waals surface area contributed by atoms with Gasteiger partial charge in [0.2, 0.25) is 0 Å². The second-order valence-corrected chi connectivity index (χ2v) is 4.45. The molecule has 152 valence electrons. The summed E-state index contributed by atoms with van der Waals surface area (Å²) in [5.41, 5.74) is 0. The topological polar surface area (TPSA) is 83.8 Å². The Kier molecular flexibility index (Phi) is 92.1. The Balaban J connectivity index is -0.0000000425. The summed E-state index contributed by atoms with van der Waals surface area (Å²) in [7, 11) is 1.75. The van der Waals surface area contributed by atoms with Gasteiger partial charge in [0.15, 0.2) is 0 Å². The first-order valence-corrected chi connectivity index (χ1v) is 9.09. The first-order chi connectivity index (χ1) is 11.2. The van der Waals surface area contributed by atoms with Gasteiger partial charge in [-0.25, -0.2) is 0 Å². The van der Waals surface area contributed by atoms with E-state index in [1.807, 2.05) is 13.8 Å². The summed E-state index contributed by atoms with van der Waals surface area (Å²) in [5, 5.41) is 14.8. The van der Waals surface area contributed by atoms with Crippen LogP contribution in [0.1, 0.15) is 101 Å². The van der Waals surface area contributed by atoms with E-state index in [2.05, 4.69) is 34.6 Å². The van der Waals surface area contributed by atoms with Crippen LogP contribution in [0, 0.1) is 0 Å². The van der Waals surface area contributed by atoms with Gasteiger partial charge in [0.05, 0.1) is 0 Å². The van der Waals surface area contributed by atoms with Crippen molar-refractivity contribution in [2.45, 2.75) is 101 Å². The van der Waals surface area contributed by atoms with E-state index >= 15 is 0 Å². The zero-order valence-corrected chi connectivity index (χ0v) is 18.1. The molecule has 0 amide bonds. The molecule has 0 aliphatic heterocycles. The lowest BCUT2D eigenvalue weighted by Crippen LogP contribution is -1.85. The summed E-state index contributed by atoms with van der Waals surface area (Å²) < 4.78 is 4.84. The molecular weight excluding hydrogens is 308 g/mol. The first kappa shape index (κ1) is 38.5. The molecule has 0 aromatic carbocycles. The predicted octanol–water partition coefficient (Wildman–Crippen LogP) is 6.25. The Labute approximate surface area is 151 Å². The highest BCUT2D eigenvalue weighted by atomic mass is 16.5. The summed E-state index contributed by atoms with van der Waals surface area (Å²) in [6.45, 7) is 17.9. The van der Waals surface area contributed by atoms with E-state index in [-0.39, 0.29) is 0 Å². The molecule has 0 rings (SSSR count). The van der Waals surface area contributed by atoms with E-state index in [0.29, 0.717) is 0 Å². The Morgan fingerprint density at radius 1 is 0.750 bits per heavy atom. The number of carbonyl (C=O) groups is 2. The van der Waals surface area contributed by atoms with Gasteiger partial charge in [0.1, 0.15) is 0 Å². The van der Waals surface area contributed by atoms with Crippen LogP contribution in [0.25, 0.3) is 0 Å². The number of carboxylic acid groups (broad SMARTS) is 2. The summed E-state index contributed by atoms with van der Waals surface area (Å²) in [6.07, 6.45) is 7.68. The standard InChI is InChI=1S/C6H14O.C4H10.C3H8.2C2H4O2.C2H6/c1-3-4-5-6-7-2;1-3-4-2;1-3-2;2*1-2(3)4;1-2/h3-6H2,1-2H3;3-4H2,1-2H3;3H2,1-2H3;2*1H3,(H,3,4);1-2H3. The van der Waals surface area contributed by atoms with Crippen LogP contribution in [0.3, 0.4) is 0 Å². The molecule has 5 heteroatoms. The van der Waals surface area contributed by atoms with Crippen LogP contribution in [0.4, 0.5) is 0 Å². The van der Waals surface area contributed by atoms with Gasteiger partial charge in [-0.15, -0.1) is 0 Å². The van der Waals surface area contributed by atoms with Gasteiger partial charge < -0.3 is 14.9 Å². The fourth-order valence-corrected chi connectivity index (χ4v) is 0.496. The van der Waals surface area contributed by atoms with Crippen LogP contribution in [0.2, 0.25) is 0 Å². The van der Waals surface area contributed by atoms with Gasteiger partial charge >= 0.3 is 0 Å². The molecule has 0 aliphatic rings. The van der Waals surface area contributed by atoms with Crippen molar-refractivity contribution in [3.8, 4) is 0 Å². The number of aliphatic carboxylic acids is 2. The van der Waals surface area contributed by atoms with E-state index in [1.165, 1.54) is 38.5 Å². The zero-order chi connectivity index (χ0) is 20.8. The van der Waals surface area contributed by atoms with Crippen molar-refractivity contribution in [3.63, 3.8) is 0 Å². The molecular formula is C19H46O5. The van der Waals surface area contributed by atoms with E-state index in [9.17, 15) is 0 Å². The Hall–Kier alpha value is -1.10. The number of methoxy groups -OCH3 is 1. The third-order valence-electron chi connectivity index (χ3n) is 1.45. The smallest absolute Gasteiger partial charge is 0.300 e. The maximum absolute atomic E-state index is 9.00. The monoisotopic (exact) mass is 354 g/mol. The van der Waals surface area contributed by atoms with Crippen LogP contribution in [0.5, 0.6) is 0 Å². The second-order valence-electron chi connectivity index (χ2n) is 4.45. The van der Waals surface area contributed by atoms with Crippen LogP contribution < -0.4 is 0 Å². The number of unbranched alkanes of at least 4 members (excludes halogenated alkanes) is 3. The molecule has 0 saturated heterocycles. The number of rotatable bonds is 5. The van der Waals surface area contributed by atoms with Crippen molar-refractivity contribution >= 4 is 11.9 Å². The SMILES string of the molecule is CC.CC(=O)O.CC(=O)O.CCC.CCCC.CCCCCOC. The third-order valence-corrected chi connectivity index (χ3v) is 1.45. The minimum atomic E-state index is -0.833. The van der Waals surface area contributed by atoms with Gasteiger partial charge in [0.25, 0.3) is 11.9 Å². The number of hydrogen-bond donors (Lipinski definition) is 2. The van der Waals surface area contributed by atoms with Crippen molar-refractivity contribution in [2.75, 3.05) is 13.7 Å². The number of carboxylic acids is 2. The van der Waals surface area contributed by atoms with Crippen LogP contribution in [-0.4, -0.2) is 35.9 Å². The molecule has 0 heterocycles. The van der Waals surface area contributed by atoms with Gasteiger partial charge in [-0.2, -0.15) is 0 Å². The fraction of sp³-hybridized carbons (Fsp3) is 0.895. The maximum atomic E-state index is 9.00. The third kappa shape index (κ3) is 544. The van der Waals surface area contributed by atoms with Crippen LogP contribution >= 0.6 is 0 Å². The van der Waals surface area contributed by atoms with Crippen molar-refractivity contribution in [1.29, 1.82) is 0 Å². The average Bonchev–Trinajstić information content (AvgIpc) is 2.50. The Bertz CT molecular complexity index is 157. The van der Waals surface area contributed by atoms with Crippen LogP contribution in [-0.2, 0) is 14.3 Å². The molecule has 0 unspecified atom stereocenters. The lowest BCUT2D eigenvalue weighted by molar-refractivity contribution is -0.135. The van der Waals surface area contributed by atoms with Crippen molar-refractivity contribution < 1.29 is 24.5 Å². The summed E-state index contributed by atoms with van der Waals surface area (Å²) in [6, 6.07) is 0. The molecule has 0 atom stereocenters. The molecule has 2 N–H and O–H groups in total. The van der Waals surface area contributed by atoms with Gasteiger partial charge in [-0.05, 0) is 6.42 Å². The zero-order valence-electron chi connectivity index (χ0n) is 18.1. The molecule has 0 fully saturated rings.